The lowest BCUT2D eigenvalue weighted by atomic mass is 9.86. The number of hydrogen-bond acceptors (Lipinski definition) is 2. The molecule has 0 radical (unpaired) electrons. The van der Waals surface area contributed by atoms with Crippen molar-refractivity contribution in [1.82, 2.24) is 0 Å². The van der Waals surface area contributed by atoms with E-state index >= 15 is 0 Å². The molecular formula is C18H30O2. The number of hydrogen-bond donors (Lipinski definition) is 0. The summed E-state index contributed by atoms with van der Waals surface area (Å²) in [4.78, 5) is 0. The summed E-state index contributed by atoms with van der Waals surface area (Å²) in [7, 11) is 0. The van der Waals surface area contributed by atoms with E-state index in [1.807, 2.05) is 13.8 Å². The van der Waals surface area contributed by atoms with Crippen LogP contribution in [0.25, 0.3) is 0 Å². The topological polar surface area (TPSA) is 18.5 Å². The molecule has 1 atom stereocenters. The molecular weight excluding hydrogens is 248 g/mol. The lowest BCUT2D eigenvalue weighted by molar-refractivity contribution is -0.163. The van der Waals surface area contributed by atoms with Crippen LogP contribution in [0.1, 0.15) is 52.7 Å². The van der Waals surface area contributed by atoms with Crippen LogP contribution in [0.5, 0.6) is 0 Å². The van der Waals surface area contributed by atoms with E-state index in [4.69, 9.17) is 9.47 Å². The molecule has 0 saturated carbocycles. The highest BCUT2D eigenvalue weighted by molar-refractivity contribution is 5.27. The molecule has 0 fully saturated rings. The molecule has 0 bridgehead atoms. The first-order valence-corrected chi connectivity index (χ1v) is 7.71. The summed E-state index contributed by atoms with van der Waals surface area (Å²) in [6, 6.07) is 8.93. The molecule has 1 unspecified atom stereocenters. The third kappa shape index (κ3) is 5.26. The molecule has 1 rings (SSSR count). The summed E-state index contributed by atoms with van der Waals surface area (Å²) in [5, 5.41) is 0. The summed E-state index contributed by atoms with van der Waals surface area (Å²) in [5.74, 6) is 0.357. The van der Waals surface area contributed by atoms with E-state index in [-0.39, 0.29) is 11.7 Å². The van der Waals surface area contributed by atoms with Gasteiger partial charge in [0.05, 0.1) is 0 Å². The predicted octanol–water partition coefficient (Wildman–Crippen LogP) is 4.56. The first-order valence-electron chi connectivity index (χ1n) is 7.71. The zero-order chi connectivity index (χ0) is 15.2. The highest BCUT2D eigenvalue weighted by Crippen LogP contribution is 2.23. The fourth-order valence-corrected chi connectivity index (χ4v) is 2.31. The second-order valence-electron chi connectivity index (χ2n) is 6.41. The minimum atomic E-state index is -0.104. The van der Waals surface area contributed by atoms with Crippen molar-refractivity contribution < 1.29 is 9.47 Å². The number of ether oxygens (including phenoxy) is 2. The summed E-state index contributed by atoms with van der Waals surface area (Å²) in [5.41, 5.74) is 2.93. The summed E-state index contributed by atoms with van der Waals surface area (Å²) < 4.78 is 11.3. The Bertz CT molecular complexity index is 369. The van der Waals surface area contributed by atoms with Gasteiger partial charge < -0.3 is 9.47 Å². The van der Waals surface area contributed by atoms with Gasteiger partial charge in [0.2, 0.25) is 0 Å². The van der Waals surface area contributed by atoms with Crippen LogP contribution in [-0.4, -0.2) is 19.5 Å². The van der Waals surface area contributed by atoms with E-state index in [2.05, 4.69) is 52.0 Å². The molecule has 2 nitrogen and oxygen atoms in total. The summed E-state index contributed by atoms with van der Waals surface area (Å²) >= 11 is 0. The molecule has 2 heteroatoms. The van der Waals surface area contributed by atoms with Crippen molar-refractivity contribution in [2.45, 2.75) is 59.7 Å². The Labute approximate surface area is 124 Å². The van der Waals surface area contributed by atoms with Gasteiger partial charge in [-0.25, -0.2) is 0 Å². The van der Waals surface area contributed by atoms with E-state index in [1.54, 1.807) is 0 Å². The Morgan fingerprint density at radius 3 is 1.85 bits per heavy atom. The monoisotopic (exact) mass is 278 g/mol. The molecule has 20 heavy (non-hydrogen) atoms. The van der Waals surface area contributed by atoms with Crippen LogP contribution in [0.3, 0.4) is 0 Å². The molecule has 0 heterocycles. The van der Waals surface area contributed by atoms with Crippen LogP contribution in [0, 0.1) is 5.92 Å². The van der Waals surface area contributed by atoms with Crippen LogP contribution in [0.2, 0.25) is 0 Å². The third-order valence-corrected chi connectivity index (χ3v) is 3.50. The second kappa shape index (κ2) is 7.80. The predicted molar refractivity (Wildman–Crippen MR) is 85.1 cm³/mol. The van der Waals surface area contributed by atoms with Crippen molar-refractivity contribution in [3.8, 4) is 0 Å². The van der Waals surface area contributed by atoms with Crippen molar-refractivity contribution in [2.24, 2.45) is 5.92 Å². The average Bonchev–Trinajstić information content (AvgIpc) is 2.38. The Kier molecular flexibility index (Phi) is 6.70. The van der Waals surface area contributed by atoms with Crippen molar-refractivity contribution in [2.75, 3.05) is 13.2 Å². The Morgan fingerprint density at radius 2 is 1.45 bits per heavy atom. The third-order valence-electron chi connectivity index (χ3n) is 3.50. The van der Waals surface area contributed by atoms with Gasteiger partial charge in [0.15, 0.2) is 6.29 Å². The normalized spacial score (nSPS) is 13.8. The molecule has 114 valence electrons. The number of rotatable bonds is 7. The van der Waals surface area contributed by atoms with Gasteiger partial charge in [0.25, 0.3) is 0 Å². The maximum Gasteiger partial charge on any atom is 0.160 e. The fourth-order valence-electron chi connectivity index (χ4n) is 2.31. The van der Waals surface area contributed by atoms with Crippen molar-refractivity contribution in [3.63, 3.8) is 0 Å². The van der Waals surface area contributed by atoms with Gasteiger partial charge in [-0.3, -0.25) is 0 Å². The Balaban J connectivity index is 2.67. The van der Waals surface area contributed by atoms with E-state index in [0.29, 0.717) is 19.1 Å². The lowest BCUT2D eigenvalue weighted by Crippen LogP contribution is -2.27. The molecule has 0 saturated heterocycles. The second-order valence-corrected chi connectivity index (χ2v) is 6.41. The highest BCUT2D eigenvalue weighted by Gasteiger charge is 2.19. The maximum atomic E-state index is 5.67. The van der Waals surface area contributed by atoms with Crippen molar-refractivity contribution >= 4 is 0 Å². The molecule has 0 aliphatic rings. The highest BCUT2D eigenvalue weighted by atomic mass is 16.7. The largest absolute Gasteiger partial charge is 0.353 e. The molecule has 0 spiro atoms. The maximum absolute atomic E-state index is 5.67. The minimum absolute atomic E-state index is 0.104. The van der Waals surface area contributed by atoms with E-state index < -0.39 is 0 Å². The van der Waals surface area contributed by atoms with Gasteiger partial charge in [0.1, 0.15) is 0 Å². The Morgan fingerprint density at radius 1 is 0.950 bits per heavy atom. The summed E-state index contributed by atoms with van der Waals surface area (Å²) in [6.07, 6.45) is 0.877. The molecule has 0 N–H and O–H groups in total. The smallest absolute Gasteiger partial charge is 0.160 e. The molecule has 0 aliphatic heterocycles. The van der Waals surface area contributed by atoms with E-state index in [0.717, 1.165) is 6.42 Å². The zero-order valence-corrected chi connectivity index (χ0v) is 13.9. The van der Waals surface area contributed by atoms with E-state index in [9.17, 15) is 0 Å². The Hall–Kier alpha value is -0.860. The molecule has 0 aromatic heterocycles. The van der Waals surface area contributed by atoms with Crippen LogP contribution < -0.4 is 0 Å². The lowest BCUT2D eigenvalue weighted by Gasteiger charge is -2.24. The van der Waals surface area contributed by atoms with Gasteiger partial charge in [-0.2, -0.15) is 0 Å². The molecule has 1 aromatic carbocycles. The average molecular weight is 278 g/mol. The fraction of sp³-hybridized carbons (Fsp3) is 0.667. The molecule has 1 aromatic rings. The molecule has 0 amide bonds. The summed E-state index contributed by atoms with van der Waals surface area (Å²) in [6.45, 7) is 14.3. The SMILES string of the molecule is CCOC(OCC)C(C)Cc1ccc(C(C)(C)C)cc1. The molecule has 0 aliphatic carbocycles. The van der Waals surface area contributed by atoms with Crippen LogP contribution in [0.4, 0.5) is 0 Å². The van der Waals surface area contributed by atoms with Crippen LogP contribution >= 0.6 is 0 Å². The van der Waals surface area contributed by atoms with Gasteiger partial charge in [-0.15, -0.1) is 0 Å². The minimum Gasteiger partial charge on any atom is -0.353 e. The first-order chi connectivity index (χ1) is 9.38. The first kappa shape index (κ1) is 17.2. The van der Waals surface area contributed by atoms with Crippen molar-refractivity contribution in [3.05, 3.63) is 35.4 Å². The van der Waals surface area contributed by atoms with Crippen molar-refractivity contribution in [1.29, 1.82) is 0 Å². The van der Waals surface area contributed by atoms with Gasteiger partial charge in [-0.05, 0) is 36.8 Å². The number of benzene rings is 1. The van der Waals surface area contributed by atoms with Gasteiger partial charge in [0, 0.05) is 19.1 Å². The van der Waals surface area contributed by atoms with Gasteiger partial charge >= 0.3 is 0 Å². The van der Waals surface area contributed by atoms with E-state index in [1.165, 1.54) is 11.1 Å². The zero-order valence-electron chi connectivity index (χ0n) is 13.9. The van der Waals surface area contributed by atoms with Crippen LogP contribution in [-0.2, 0) is 21.3 Å². The van der Waals surface area contributed by atoms with Gasteiger partial charge in [-0.1, -0.05) is 52.0 Å². The quantitative estimate of drug-likeness (QED) is 0.681. The van der Waals surface area contributed by atoms with Crippen LogP contribution in [0.15, 0.2) is 24.3 Å². The standard InChI is InChI=1S/C18H30O2/c1-7-19-17(20-8-2)14(3)13-15-9-11-16(12-10-15)18(4,5)6/h9-12,14,17H,7-8,13H2,1-6H3.